The molecular formula is C8H12N4O. The van der Waals surface area contributed by atoms with E-state index in [1.807, 2.05) is 13.2 Å². The topological polar surface area (TPSA) is 52.3 Å². The number of aromatic nitrogens is 3. The minimum absolute atomic E-state index is 0.414. The Kier molecular flexibility index (Phi) is 2.25. The Morgan fingerprint density at radius 2 is 2.46 bits per heavy atom. The third kappa shape index (κ3) is 2.05. The van der Waals surface area contributed by atoms with Crippen LogP contribution in [-0.2, 0) is 18.5 Å². The summed E-state index contributed by atoms with van der Waals surface area (Å²) in [6, 6.07) is 0. The van der Waals surface area contributed by atoms with Crippen molar-refractivity contribution >= 4 is 5.71 Å². The number of oxime groups is 1. The fourth-order valence-corrected chi connectivity index (χ4v) is 1.08. The SMILES string of the molecule is Cn1cc(CON=C2CCC2)nn1. The molecule has 13 heavy (non-hydrogen) atoms. The molecule has 0 N–H and O–H groups in total. The highest BCUT2D eigenvalue weighted by Crippen LogP contribution is 2.14. The molecule has 1 fully saturated rings. The lowest BCUT2D eigenvalue weighted by molar-refractivity contribution is 0.125. The minimum Gasteiger partial charge on any atom is -0.389 e. The summed E-state index contributed by atoms with van der Waals surface area (Å²) in [5, 5.41) is 11.6. The van der Waals surface area contributed by atoms with E-state index in [-0.39, 0.29) is 0 Å². The van der Waals surface area contributed by atoms with Crippen LogP contribution >= 0.6 is 0 Å². The normalized spacial score (nSPS) is 15.3. The summed E-state index contributed by atoms with van der Waals surface area (Å²) in [6.45, 7) is 0.414. The molecule has 0 radical (unpaired) electrons. The highest BCUT2D eigenvalue weighted by atomic mass is 16.6. The Bertz CT molecular complexity index is 312. The Balaban J connectivity index is 1.79. The number of rotatable bonds is 3. The molecule has 0 aromatic carbocycles. The summed E-state index contributed by atoms with van der Waals surface area (Å²) in [4.78, 5) is 5.11. The number of hydrogen-bond donors (Lipinski definition) is 0. The maximum absolute atomic E-state index is 5.11. The molecule has 0 atom stereocenters. The zero-order chi connectivity index (χ0) is 9.10. The van der Waals surface area contributed by atoms with Crippen LogP contribution in [0.2, 0.25) is 0 Å². The van der Waals surface area contributed by atoms with Crippen molar-refractivity contribution in [1.29, 1.82) is 0 Å². The van der Waals surface area contributed by atoms with Gasteiger partial charge in [-0.05, 0) is 19.3 Å². The van der Waals surface area contributed by atoms with Gasteiger partial charge in [0, 0.05) is 7.05 Å². The van der Waals surface area contributed by atoms with Crippen molar-refractivity contribution in [2.75, 3.05) is 0 Å². The average Bonchev–Trinajstić information content (AvgIpc) is 2.42. The molecule has 1 aliphatic rings. The van der Waals surface area contributed by atoms with Crippen molar-refractivity contribution < 1.29 is 4.84 Å². The summed E-state index contributed by atoms with van der Waals surface area (Å²) < 4.78 is 1.65. The molecule has 0 aliphatic heterocycles. The standard InChI is InChI=1S/C8H12N4O/c1-12-5-8(9-11-12)6-13-10-7-3-2-4-7/h5H,2-4,6H2,1H3. The molecule has 5 nitrogen and oxygen atoms in total. The van der Waals surface area contributed by atoms with Crippen LogP contribution in [0, 0.1) is 0 Å². The fraction of sp³-hybridized carbons (Fsp3) is 0.625. The molecule has 0 amide bonds. The molecule has 70 valence electrons. The zero-order valence-corrected chi connectivity index (χ0v) is 7.60. The van der Waals surface area contributed by atoms with Gasteiger partial charge in [0.1, 0.15) is 5.69 Å². The average molecular weight is 180 g/mol. The van der Waals surface area contributed by atoms with Crippen LogP contribution in [0.4, 0.5) is 0 Å². The Morgan fingerprint density at radius 3 is 3.00 bits per heavy atom. The fourth-order valence-electron chi connectivity index (χ4n) is 1.08. The van der Waals surface area contributed by atoms with E-state index in [1.54, 1.807) is 4.68 Å². The van der Waals surface area contributed by atoms with E-state index < -0.39 is 0 Å². The summed E-state index contributed by atoms with van der Waals surface area (Å²) in [6.07, 6.45) is 5.23. The Hall–Kier alpha value is -1.39. The summed E-state index contributed by atoms with van der Waals surface area (Å²) >= 11 is 0. The van der Waals surface area contributed by atoms with Crippen molar-refractivity contribution in [3.8, 4) is 0 Å². The molecule has 1 heterocycles. The summed E-state index contributed by atoms with van der Waals surface area (Å²) in [7, 11) is 1.83. The van der Waals surface area contributed by atoms with Crippen molar-refractivity contribution in [2.45, 2.75) is 25.9 Å². The first-order valence-corrected chi connectivity index (χ1v) is 4.37. The van der Waals surface area contributed by atoms with Crippen molar-refractivity contribution in [3.63, 3.8) is 0 Å². The van der Waals surface area contributed by atoms with Crippen LogP contribution in [0.5, 0.6) is 0 Å². The second-order valence-corrected chi connectivity index (χ2v) is 3.17. The van der Waals surface area contributed by atoms with E-state index in [9.17, 15) is 0 Å². The minimum atomic E-state index is 0.414. The van der Waals surface area contributed by atoms with Crippen LogP contribution in [0.3, 0.4) is 0 Å². The monoisotopic (exact) mass is 180 g/mol. The molecule has 0 bridgehead atoms. The van der Waals surface area contributed by atoms with Gasteiger partial charge in [0.2, 0.25) is 0 Å². The molecule has 0 saturated heterocycles. The third-order valence-corrected chi connectivity index (χ3v) is 1.99. The summed E-state index contributed by atoms with van der Waals surface area (Å²) in [5.41, 5.74) is 1.97. The van der Waals surface area contributed by atoms with Gasteiger partial charge in [0.05, 0.1) is 11.9 Å². The van der Waals surface area contributed by atoms with Gasteiger partial charge in [-0.15, -0.1) is 5.10 Å². The van der Waals surface area contributed by atoms with Crippen molar-refractivity contribution in [3.05, 3.63) is 11.9 Å². The molecule has 1 aromatic heterocycles. The highest BCUT2D eigenvalue weighted by Gasteiger charge is 2.10. The molecule has 0 unspecified atom stereocenters. The van der Waals surface area contributed by atoms with Gasteiger partial charge in [-0.3, -0.25) is 4.68 Å². The first-order chi connectivity index (χ1) is 6.34. The molecule has 2 rings (SSSR count). The molecule has 0 spiro atoms. The van der Waals surface area contributed by atoms with Crippen LogP contribution in [0.1, 0.15) is 25.0 Å². The van der Waals surface area contributed by atoms with Gasteiger partial charge >= 0.3 is 0 Å². The van der Waals surface area contributed by atoms with Gasteiger partial charge in [-0.25, -0.2) is 0 Å². The van der Waals surface area contributed by atoms with Gasteiger partial charge in [-0.1, -0.05) is 10.4 Å². The van der Waals surface area contributed by atoms with E-state index in [4.69, 9.17) is 4.84 Å². The van der Waals surface area contributed by atoms with Crippen LogP contribution < -0.4 is 0 Å². The number of aryl methyl sites for hydroxylation is 1. The van der Waals surface area contributed by atoms with E-state index in [0.717, 1.165) is 24.2 Å². The van der Waals surface area contributed by atoms with Gasteiger partial charge in [-0.2, -0.15) is 0 Å². The first kappa shape index (κ1) is 8.22. The van der Waals surface area contributed by atoms with Crippen molar-refractivity contribution in [1.82, 2.24) is 15.0 Å². The smallest absolute Gasteiger partial charge is 0.162 e. The molecule has 5 heteroatoms. The molecular weight excluding hydrogens is 168 g/mol. The van der Waals surface area contributed by atoms with Crippen LogP contribution in [0.25, 0.3) is 0 Å². The second-order valence-electron chi connectivity index (χ2n) is 3.17. The Morgan fingerprint density at radius 1 is 1.62 bits per heavy atom. The lowest BCUT2D eigenvalue weighted by atomic mass is 9.98. The summed E-state index contributed by atoms with van der Waals surface area (Å²) in [5.74, 6) is 0. The van der Waals surface area contributed by atoms with Gasteiger partial charge in [0.25, 0.3) is 0 Å². The highest BCUT2D eigenvalue weighted by molar-refractivity contribution is 5.88. The van der Waals surface area contributed by atoms with E-state index >= 15 is 0 Å². The molecule has 1 aromatic rings. The molecule has 1 saturated carbocycles. The van der Waals surface area contributed by atoms with Crippen LogP contribution in [-0.4, -0.2) is 20.7 Å². The lowest BCUT2D eigenvalue weighted by Gasteiger charge is -2.12. The van der Waals surface area contributed by atoms with E-state index in [1.165, 1.54) is 6.42 Å². The lowest BCUT2D eigenvalue weighted by Crippen LogP contribution is -2.09. The quantitative estimate of drug-likeness (QED) is 0.648. The van der Waals surface area contributed by atoms with Gasteiger partial charge < -0.3 is 4.84 Å². The van der Waals surface area contributed by atoms with E-state index in [0.29, 0.717) is 6.61 Å². The predicted octanol–water partition coefficient (Wildman–Crippen LogP) is 0.872. The van der Waals surface area contributed by atoms with Gasteiger partial charge in [0.15, 0.2) is 6.61 Å². The maximum atomic E-state index is 5.11. The zero-order valence-electron chi connectivity index (χ0n) is 7.60. The third-order valence-electron chi connectivity index (χ3n) is 1.99. The van der Waals surface area contributed by atoms with Crippen molar-refractivity contribution in [2.24, 2.45) is 12.2 Å². The maximum Gasteiger partial charge on any atom is 0.162 e. The largest absolute Gasteiger partial charge is 0.389 e. The van der Waals surface area contributed by atoms with E-state index in [2.05, 4.69) is 15.5 Å². The number of nitrogens with zero attached hydrogens (tertiary/aromatic N) is 4. The molecule has 1 aliphatic carbocycles. The second kappa shape index (κ2) is 3.55. The first-order valence-electron chi connectivity index (χ1n) is 4.37. The number of hydrogen-bond acceptors (Lipinski definition) is 4. The predicted molar refractivity (Wildman–Crippen MR) is 47.1 cm³/mol. The van der Waals surface area contributed by atoms with Crippen LogP contribution in [0.15, 0.2) is 11.4 Å². The Labute approximate surface area is 76.4 Å².